The maximum atomic E-state index is 5.56. The van der Waals surface area contributed by atoms with Gasteiger partial charge in [-0.3, -0.25) is 0 Å². The maximum absolute atomic E-state index is 5.56. The van der Waals surface area contributed by atoms with Crippen LogP contribution in [-0.2, 0) is 0 Å². The van der Waals surface area contributed by atoms with E-state index in [2.05, 4.69) is 25.2 Å². The predicted octanol–water partition coefficient (Wildman–Crippen LogP) is 2.76. The van der Waals surface area contributed by atoms with E-state index in [1.165, 1.54) is 5.56 Å². The van der Waals surface area contributed by atoms with Crippen molar-refractivity contribution in [2.75, 3.05) is 13.2 Å². The minimum absolute atomic E-state index is 0.350. The lowest BCUT2D eigenvalue weighted by atomic mass is 10.1. The molecule has 0 amide bonds. The SMILES string of the molecule is CCN[C@@H](C)c1ccccc1OCC. The van der Waals surface area contributed by atoms with E-state index in [9.17, 15) is 0 Å². The molecule has 0 bridgehead atoms. The lowest BCUT2D eigenvalue weighted by Gasteiger charge is -2.16. The Labute approximate surface area is 86.3 Å². The molecule has 0 unspecified atom stereocenters. The molecule has 0 radical (unpaired) electrons. The van der Waals surface area contributed by atoms with Gasteiger partial charge in [-0.2, -0.15) is 0 Å². The molecule has 78 valence electrons. The summed E-state index contributed by atoms with van der Waals surface area (Å²) in [4.78, 5) is 0. The number of para-hydroxylation sites is 1. The van der Waals surface area contributed by atoms with E-state index in [0.717, 1.165) is 18.9 Å². The summed E-state index contributed by atoms with van der Waals surface area (Å²) in [6, 6.07) is 8.53. The zero-order valence-corrected chi connectivity index (χ0v) is 9.21. The largest absolute Gasteiger partial charge is 0.494 e. The molecule has 14 heavy (non-hydrogen) atoms. The van der Waals surface area contributed by atoms with Crippen molar-refractivity contribution in [3.63, 3.8) is 0 Å². The molecule has 2 heteroatoms. The van der Waals surface area contributed by atoms with E-state index in [0.29, 0.717) is 6.04 Å². The van der Waals surface area contributed by atoms with Crippen LogP contribution in [0.1, 0.15) is 32.4 Å². The van der Waals surface area contributed by atoms with Gasteiger partial charge in [-0.15, -0.1) is 0 Å². The number of hydrogen-bond acceptors (Lipinski definition) is 2. The summed E-state index contributed by atoms with van der Waals surface area (Å²) in [5.74, 6) is 0.989. The predicted molar refractivity (Wildman–Crippen MR) is 59.7 cm³/mol. The van der Waals surface area contributed by atoms with Gasteiger partial charge in [-0.05, 0) is 26.5 Å². The second-order valence-electron chi connectivity index (χ2n) is 3.25. The van der Waals surface area contributed by atoms with Crippen LogP contribution < -0.4 is 10.1 Å². The normalized spacial score (nSPS) is 12.5. The van der Waals surface area contributed by atoms with Crippen molar-refractivity contribution in [2.45, 2.75) is 26.8 Å². The Hall–Kier alpha value is -1.02. The lowest BCUT2D eigenvalue weighted by molar-refractivity contribution is 0.332. The molecule has 0 aromatic heterocycles. The summed E-state index contributed by atoms with van der Waals surface area (Å²) in [6.07, 6.45) is 0. The average Bonchev–Trinajstić information content (AvgIpc) is 2.19. The molecule has 1 aromatic carbocycles. The summed E-state index contributed by atoms with van der Waals surface area (Å²) in [6.45, 7) is 7.97. The number of benzene rings is 1. The van der Waals surface area contributed by atoms with Crippen molar-refractivity contribution >= 4 is 0 Å². The molecule has 0 aliphatic carbocycles. The summed E-state index contributed by atoms with van der Waals surface area (Å²) in [5, 5.41) is 3.38. The van der Waals surface area contributed by atoms with Crippen LogP contribution in [0.2, 0.25) is 0 Å². The first-order chi connectivity index (χ1) is 6.79. The number of rotatable bonds is 5. The third-order valence-corrected chi connectivity index (χ3v) is 2.20. The highest BCUT2D eigenvalue weighted by Crippen LogP contribution is 2.24. The molecule has 0 fully saturated rings. The Kier molecular flexibility index (Phi) is 4.47. The monoisotopic (exact) mass is 193 g/mol. The third-order valence-electron chi connectivity index (χ3n) is 2.20. The second kappa shape index (κ2) is 5.66. The Bertz CT molecular complexity index is 273. The molecular formula is C12H19NO. The van der Waals surface area contributed by atoms with E-state index in [-0.39, 0.29) is 0 Å². The first-order valence-corrected chi connectivity index (χ1v) is 5.24. The summed E-state index contributed by atoms with van der Waals surface area (Å²) < 4.78 is 5.56. The Morgan fingerprint density at radius 3 is 2.64 bits per heavy atom. The van der Waals surface area contributed by atoms with Gasteiger partial charge in [-0.25, -0.2) is 0 Å². The molecule has 0 spiro atoms. The highest BCUT2D eigenvalue weighted by atomic mass is 16.5. The molecule has 0 aliphatic heterocycles. The van der Waals surface area contributed by atoms with Gasteiger partial charge in [0.2, 0.25) is 0 Å². The van der Waals surface area contributed by atoms with Crippen molar-refractivity contribution in [1.82, 2.24) is 5.32 Å². The number of ether oxygens (including phenoxy) is 1. The van der Waals surface area contributed by atoms with Crippen LogP contribution in [0.5, 0.6) is 5.75 Å². The standard InChI is InChI=1S/C12H19NO/c1-4-13-10(3)11-8-6-7-9-12(11)14-5-2/h6-10,13H,4-5H2,1-3H3/t10-/m0/s1. The van der Waals surface area contributed by atoms with Crippen LogP contribution in [0.15, 0.2) is 24.3 Å². The van der Waals surface area contributed by atoms with Gasteiger partial charge in [0.15, 0.2) is 0 Å². The van der Waals surface area contributed by atoms with Crippen molar-refractivity contribution in [3.8, 4) is 5.75 Å². The van der Waals surface area contributed by atoms with Gasteiger partial charge in [0.05, 0.1) is 6.61 Å². The van der Waals surface area contributed by atoms with Gasteiger partial charge in [0.1, 0.15) is 5.75 Å². The minimum atomic E-state index is 0.350. The Balaban J connectivity index is 2.82. The molecule has 2 nitrogen and oxygen atoms in total. The van der Waals surface area contributed by atoms with Crippen molar-refractivity contribution in [3.05, 3.63) is 29.8 Å². The molecule has 0 aliphatic rings. The molecule has 0 saturated carbocycles. The quantitative estimate of drug-likeness (QED) is 0.776. The molecule has 1 aromatic rings. The zero-order chi connectivity index (χ0) is 10.4. The van der Waals surface area contributed by atoms with Gasteiger partial charge in [-0.1, -0.05) is 25.1 Å². The van der Waals surface area contributed by atoms with Crippen molar-refractivity contribution < 1.29 is 4.74 Å². The van der Waals surface area contributed by atoms with E-state index >= 15 is 0 Å². The minimum Gasteiger partial charge on any atom is -0.494 e. The summed E-state index contributed by atoms with van der Waals surface area (Å²) in [5.41, 5.74) is 1.23. The molecule has 1 N–H and O–H groups in total. The smallest absolute Gasteiger partial charge is 0.124 e. The maximum Gasteiger partial charge on any atom is 0.124 e. The molecule has 1 rings (SSSR count). The Morgan fingerprint density at radius 1 is 1.29 bits per heavy atom. The molecule has 1 atom stereocenters. The summed E-state index contributed by atoms with van der Waals surface area (Å²) in [7, 11) is 0. The van der Waals surface area contributed by atoms with Crippen molar-refractivity contribution in [2.24, 2.45) is 0 Å². The van der Waals surface area contributed by atoms with Crippen LogP contribution in [-0.4, -0.2) is 13.2 Å². The van der Waals surface area contributed by atoms with Crippen LogP contribution in [0, 0.1) is 0 Å². The first kappa shape index (κ1) is 11.1. The highest BCUT2D eigenvalue weighted by Gasteiger charge is 2.08. The van der Waals surface area contributed by atoms with E-state index in [1.807, 2.05) is 25.1 Å². The lowest BCUT2D eigenvalue weighted by Crippen LogP contribution is -2.18. The first-order valence-electron chi connectivity index (χ1n) is 5.24. The third kappa shape index (κ3) is 2.74. The van der Waals surface area contributed by atoms with E-state index in [1.54, 1.807) is 0 Å². The second-order valence-corrected chi connectivity index (χ2v) is 3.25. The molecular weight excluding hydrogens is 174 g/mol. The van der Waals surface area contributed by atoms with Gasteiger partial charge in [0.25, 0.3) is 0 Å². The van der Waals surface area contributed by atoms with Crippen LogP contribution in [0.4, 0.5) is 0 Å². The average molecular weight is 193 g/mol. The molecule has 0 saturated heterocycles. The number of nitrogens with one attached hydrogen (secondary N) is 1. The van der Waals surface area contributed by atoms with Crippen LogP contribution in [0.3, 0.4) is 0 Å². The zero-order valence-electron chi connectivity index (χ0n) is 9.21. The van der Waals surface area contributed by atoms with E-state index in [4.69, 9.17) is 4.74 Å². The van der Waals surface area contributed by atoms with Crippen LogP contribution >= 0.6 is 0 Å². The Morgan fingerprint density at radius 2 is 2.00 bits per heavy atom. The van der Waals surface area contributed by atoms with E-state index < -0.39 is 0 Å². The van der Waals surface area contributed by atoms with Crippen LogP contribution in [0.25, 0.3) is 0 Å². The fourth-order valence-corrected chi connectivity index (χ4v) is 1.54. The van der Waals surface area contributed by atoms with Crippen molar-refractivity contribution in [1.29, 1.82) is 0 Å². The van der Waals surface area contributed by atoms with Gasteiger partial charge in [0, 0.05) is 11.6 Å². The van der Waals surface area contributed by atoms with Gasteiger partial charge < -0.3 is 10.1 Å². The topological polar surface area (TPSA) is 21.3 Å². The fourth-order valence-electron chi connectivity index (χ4n) is 1.54. The summed E-state index contributed by atoms with van der Waals surface area (Å²) >= 11 is 0. The van der Waals surface area contributed by atoms with Gasteiger partial charge >= 0.3 is 0 Å². The fraction of sp³-hybridized carbons (Fsp3) is 0.500. The highest BCUT2D eigenvalue weighted by molar-refractivity contribution is 5.35. The number of hydrogen-bond donors (Lipinski definition) is 1. The molecule has 0 heterocycles.